The highest BCUT2D eigenvalue weighted by molar-refractivity contribution is 6.01. The molecule has 0 aromatic heterocycles. The summed E-state index contributed by atoms with van der Waals surface area (Å²) in [5, 5.41) is 5.51. The molecule has 2 aliphatic rings. The molecule has 1 atom stereocenters. The highest BCUT2D eigenvalue weighted by Crippen LogP contribution is 2.31. The molecule has 0 aliphatic carbocycles. The van der Waals surface area contributed by atoms with Gasteiger partial charge in [-0.3, -0.25) is 4.79 Å². The highest BCUT2D eigenvalue weighted by atomic mass is 16.2. The maximum absolute atomic E-state index is 12.1. The van der Waals surface area contributed by atoms with Crippen molar-refractivity contribution in [1.29, 1.82) is 0 Å². The first-order valence-corrected chi connectivity index (χ1v) is 5.78. The second kappa shape index (κ2) is 3.87. The lowest BCUT2D eigenvalue weighted by molar-refractivity contribution is -0.124. The molecule has 0 radical (unpaired) electrons. The molecule has 0 spiro atoms. The summed E-state index contributed by atoms with van der Waals surface area (Å²) >= 11 is 0. The maximum Gasteiger partial charge on any atom is 0.319 e. The molecule has 1 aromatic rings. The molecule has 2 aliphatic heterocycles. The minimum Gasteiger partial charge on any atom is -0.336 e. The molecule has 3 amide bonds. The van der Waals surface area contributed by atoms with E-state index < -0.39 is 0 Å². The van der Waals surface area contributed by atoms with Crippen LogP contribution >= 0.6 is 0 Å². The van der Waals surface area contributed by atoms with E-state index in [-0.39, 0.29) is 18.0 Å². The van der Waals surface area contributed by atoms with Crippen LogP contribution in [-0.4, -0.2) is 30.4 Å². The number of hydrogen-bond donors (Lipinski definition) is 2. The van der Waals surface area contributed by atoms with Crippen molar-refractivity contribution in [2.75, 3.05) is 13.6 Å². The van der Waals surface area contributed by atoms with Crippen LogP contribution in [0.5, 0.6) is 0 Å². The molecule has 3 rings (SSSR count). The van der Waals surface area contributed by atoms with Crippen LogP contribution in [0.4, 0.5) is 4.79 Å². The van der Waals surface area contributed by atoms with Crippen molar-refractivity contribution in [3.63, 3.8) is 0 Å². The Bertz CT molecular complexity index is 551. The van der Waals surface area contributed by atoms with Crippen molar-refractivity contribution in [2.45, 2.75) is 6.04 Å². The Balaban J connectivity index is 2.06. The van der Waals surface area contributed by atoms with E-state index >= 15 is 0 Å². The monoisotopic (exact) mass is 243 g/mol. The molecule has 0 bridgehead atoms. The van der Waals surface area contributed by atoms with E-state index in [2.05, 4.69) is 10.6 Å². The third kappa shape index (κ3) is 1.55. The minimum atomic E-state index is -0.354. The van der Waals surface area contributed by atoms with Crippen LogP contribution in [0.2, 0.25) is 0 Å². The number of likely N-dealkylation sites (N-methyl/N-ethyl adjacent to an activating group) is 1. The summed E-state index contributed by atoms with van der Waals surface area (Å²) in [6, 6.07) is 8.90. The lowest BCUT2D eigenvalue weighted by atomic mass is 9.96. The summed E-state index contributed by atoms with van der Waals surface area (Å²) in [5.41, 5.74) is 2.27. The molecule has 5 heteroatoms. The van der Waals surface area contributed by atoms with Gasteiger partial charge in [0, 0.05) is 7.05 Å². The Morgan fingerprint density at radius 2 is 1.94 bits per heavy atom. The Hall–Kier alpha value is -2.30. The van der Waals surface area contributed by atoms with Crippen LogP contribution in [0.25, 0.3) is 0 Å². The van der Waals surface area contributed by atoms with E-state index in [4.69, 9.17) is 0 Å². The summed E-state index contributed by atoms with van der Waals surface area (Å²) in [6.07, 6.45) is 0. The van der Waals surface area contributed by atoms with E-state index in [9.17, 15) is 9.59 Å². The van der Waals surface area contributed by atoms with Gasteiger partial charge in [-0.05, 0) is 5.56 Å². The third-order valence-corrected chi connectivity index (χ3v) is 3.26. The quantitative estimate of drug-likeness (QED) is 0.765. The van der Waals surface area contributed by atoms with E-state index in [1.165, 1.54) is 0 Å². The predicted molar refractivity (Wildman–Crippen MR) is 65.5 cm³/mol. The molecule has 92 valence electrons. The van der Waals surface area contributed by atoms with Gasteiger partial charge in [-0.2, -0.15) is 0 Å². The average Bonchev–Trinajstić information content (AvgIpc) is 2.65. The number of nitrogens with one attached hydrogen (secondary N) is 2. The van der Waals surface area contributed by atoms with Gasteiger partial charge in [0.05, 0.1) is 23.9 Å². The van der Waals surface area contributed by atoms with E-state index in [0.29, 0.717) is 17.8 Å². The number of hydrogen-bond acceptors (Lipinski definition) is 2. The van der Waals surface area contributed by atoms with Gasteiger partial charge in [0.2, 0.25) is 0 Å². The summed E-state index contributed by atoms with van der Waals surface area (Å²) in [4.78, 5) is 25.3. The zero-order valence-electron chi connectivity index (χ0n) is 9.93. The number of amides is 3. The third-order valence-electron chi connectivity index (χ3n) is 3.26. The molecule has 1 unspecified atom stereocenters. The number of benzene rings is 1. The smallest absolute Gasteiger partial charge is 0.319 e. The number of carbonyl (C=O) groups excluding carboxylic acids is 2. The van der Waals surface area contributed by atoms with Crippen molar-refractivity contribution >= 4 is 11.9 Å². The first-order chi connectivity index (χ1) is 8.66. The second-order valence-electron chi connectivity index (χ2n) is 4.50. The van der Waals surface area contributed by atoms with Crippen molar-refractivity contribution in [2.24, 2.45) is 0 Å². The Labute approximate surface area is 104 Å². The minimum absolute atomic E-state index is 0.0358. The number of nitrogens with zero attached hydrogens (tertiary/aromatic N) is 1. The van der Waals surface area contributed by atoms with Gasteiger partial charge in [0.25, 0.3) is 5.91 Å². The largest absolute Gasteiger partial charge is 0.336 e. The fourth-order valence-corrected chi connectivity index (χ4v) is 2.41. The predicted octanol–water partition coefficient (Wildman–Crippen LogP) is 0.767. The summed E-state index contributed by atoms with van der Waals surface area (Å²) < 4.78 is 0. The van der Waals surface area contributed by atoms with Crippen LogP contribution < -0.4 is 10.6 Å². The Morgan fingerprint density at radius 1 is 1.22 bits per heavy atom. The van der Waals surface area contributed by atoms with Crippen molar-refractivity contribution in [1.82, 2.24) is 15.5 Å². The standard InChI is InChI=1S/C13H13N3O2/c1-16-7-9-10(12(16)17)11(15-13(18)14-9)8-5-3-2-4-6-8/h2-6,11H,7H2,1H3,(H2,14,15,18). The Kier molecular flexibility index (Phi) is 2.33. The number of rotatable bonds is 1. The fourth-order valence-electron chi connectivity index (χ4n) is 2.41. The average molecular weight is 243 g/mol. The summed E-state index contributed by atoms with van der Waals surface area (Å²) in [7, 11) is 1.73. The first kappa shape index (κ1) is 10.8. The molecular formula is C13H13N3O2. The van der Waals surface area contributed by atoms with E-state index in [0.717, 1.165) is 5.56 Å². The maximum atomic E-state index is 12.1. The van der Waals surface area contributed by atoms with Crippen LogP contribution in [0, 0.1) is 0 Å². The summed E-state index contributed by atoms with van der Waals surface area (Å²) in [5.74, 6) is -0.0358. The topological polar surface area (TPSA) is 61.4 Å². The number of carbonyl (C=O) groups is 2. The van der Waals surface area contributed by atoms with Gasteiger partial charge in [-0.15, -0.1) is 0 Å². The zero-order valence-corrected chi connectivity index (χ0v) is 9.93. The van der Waals surface area contributed by atoms with Gasteiger partial charge in [0.1, 0.15) is 0 Å². The molecule has 18 heavy (non-hydrogen) atoms. The first-order valence-electron chi connectivity index (χ1n) is 5.78. The molecule has 5 nitrogen and oxygen atoms in total. The van der Waals surface area contributed by atoms with E-state index in [1.807, 2.05) is 30.3 Å². The van der Waals surface area contributed by atoms with Crippen LogP contribution in [0.15, 0.2) is 41.6 Å². The number of urea groups is 1. The van der Waals surface area contributed by atoms with Crippen LogP contribution in [0.3, 0.4) is 0 Å². The van der Waals surface area contributed by atoms with Crippen LogP contribution in [0.1, 0.15) is 11.6 Å². The SMILES string of the molecule is CN1CC2=C(C1=O)C(c1ccccc1)NC(=O)N2. The lowest BCUT2D eigenvalue weighted by Crippen LogP contribution is -2.44. The molecule has 0 saturated carbocycles. The van der Waals surface area contributed by atoms with Crippen molar-refractivity contribution in [3.05, 3.63) is 47.2 Å². The lowest BCUT2D eigenvalue weighted by Gasteiger charge is -2.25. The Morgan fingerprint density at radius 3 is 2.67 bits per heavy atom. The normalized spacial score (nSPS) is 22.7. The molecule has 1 aromatic carbocycles. The van der Waals surface area contributed by atoms with Crippen molar-refractivity contribution < 1.29 is 9.59 Å². The van der Waals surface area contributed by atoms with Gasteiger partial charge < -0.3 is 15.5 Å². The fraction of sp³-hybridized carbons (Fsp3) is 0.231. The summed E-state index contributed by atoms with van der Waals surface area (Å²) in [6.45, 7) is 0.463. The zero-order chi connectivity index (χ0) is 12.7. The van der Waals surface area contributed by atoms with Crippen LogP contribution in [-0.2, 0) is 4.79 Å². The molecule has 2 N–H and O–H groups in total. The molecule has 0 fully saturated rings. The molecule has 2 heterocycles. The van der Waals surface area contributed by atoms with Gasteiger partial charge in [-0.25, -0.2) is 4.79 Å². The van der Waals surface area contributed by atoms with Gasteiger partial charge >= 0.3 is 6.03 Å². The van der Waals surface area contributed by atoms with Crippen molar-refractivity contribution in [3.8, 4) is 0 Å². The second-order valence-corrected chi connectivity index (χ2v) is 4.50. The van der Waals surface area contributed by atoms with E-state index in [1.54, 1.807) is 11.9 Å². The van der Waals surface area contributed by atoms with Gasteiger partial charge in [-0.1, -0.05) is 30.3 Å². The molecular weight excluding hydrogens is 230 g/mol. The van der Waals surface area contributed by atoms with Gasteiger partial charge in [0.15, 0.2) is 0 Å². The molecule has 0 saturated heterocycles. The highest BCUT2D eigenvalue weighted by Gasteiger charge is 2.38.